The van der Waals surface area contributed by atoms with Gasteiger partial charge in [0.1, 0.15) is 5.82 Å². The molecule has 1 amide bonds. The SMILES string of the molecule is CN=C(NCCNC(=O)C1CC1)NCCc1c[nH]c2ccc(F)cc12. The molecule has 0 aliphatic heterocycles. The Morgan fingerprint density at radius 3 is 2.76 bits per heavy atom. The van der Waals surface area contributed by atoms with Crippen LogP contribution in [0.15, 0.2) is 29.4 Å². The van der Waals surface area contributed by atoms with Crippen LogP contribution in [0.4, 0.5) is 4.39 Å². The van der Waals surface area contributed by atoms with Crippen molar-refractivity contribution in [3.05, 3.63) is 35.8 Å². The van der Waals surface area contributed by atoms with Crippen LogP contribution >= 0.6 is 0 Å². The molecule has 1 aromatic heterocycles. The summed E-state index contributed by atoms with van der Waals surface area (Å²) in [5.74, 6) is 0.841. The molecular formula is C18H24FN5O. The number of H-pyrrole nitrogens is 1. The fourth-order valence-corrected chi connectivity index (χ4v) is 2.75. The van der Waals surface area contributed by atoms with Crippen LogP contribution in [0.25, 0.3) is 10.9 Å². The first kappa shape index (κ1) is 17.3. The Kier molecular flexibility index (Phi) is 5.53. The number of aromatic nitrogens is 1. The second-order valence-electron chi connectivity index (χ2n) is 6.24. The predicted octanol–water partition coefficient (Wildman–Crippen LogP) is 1.54. The molecule has 25 heavy (non-hydrogen) atoms. The van der Waals surface area contributed by atoms with E-state index < -0.39 is 0 Å². The summed E-state index contributed by atoms with van der Waals surface area (Å²) in [5, 5.41) is 10.2. The van der Waals surface area contributed by atoms with Gasteiger partial charge in [-0.1, -0.05) is 0 Å². The molecule has 1 aromatic carbocycles. The minimum absolute atomic E-state index is 0.149. The largest absolute Gasteiger partial charge is 0.361 e. The van der Waals surface area contributed by atoms with Crippen LogP contribution in [0, 0.1) is 11.7 Å². The van der Waals surface area contributed by atoms with Crippen molar-refractivity contribution in [2.24, 2.45) is 10.9 Å². The van der Waals surface area contributed by atoms with Gasteiger partial charge in [-0.3, -0.25) is 9.79 Å². The Labute approximate surface area is 146 Å². The summed E-state index contributed by atoms with van der Waals surface area (Å²) in [4.78, 5) is 18.9. The third-order valence-electron chi connectivity index (χ3n) is 4.30. The van der Waals surface area contributed by atoms with Crippen LogP contribution < -0.4 is 16.0 Å². The highest BCUT2D eigenvalue weighted by Crippen LogP contribution is 2.28. The number of hydrogen-bond donors (Lipinski definition) is 4. The van der Waals surface area contributed by atoms with Crippen molar-refractivity contribution in [2.75, 3.05) is 26.7 Å². The number of aromatic amines is 1. The number of rotatable bonds is 7. The van der Waals surface area contributed by atoms with Gasteiger partial charge in [-0.25, -0.2) is 4.39 Å². The zero-order valence-electron chi connectivity index (χ0n) is 14.4. The summed E-state index contributed by atoms with van der Waals surface area (Å²) in [7, 11) is 1.71. The van der Waals surface area contributed by atoms with Gasteiger partial charge in [0.15, 0.2) is 5.96 Å². The van der Waals surface area contributed by atoms with Crippen LogP contribution in [0.5, 0.6) is 0 Å². The number of guanidine groups is 1. The highest BCUT2D eigenvalue weighted by atomic mass is 19.1. The first-order chi connectivity index (χ1) is 12.2. The van der Waals surface area contributed by atoms with E-state index in [0.29, 0.717) is 25.6 Å². The zero-order chi connectivity index (χ0) is 17.6. The molecule has 1 fully saturated rings. The van der Waals surface area contributed by atoms with Gasteiger partial charge < -0.3 is 20.9 Å². The van der Waals surface area contributed by atoms with E-state index in [2.05, 4.69) is 25.9 Å². The van der Waals surface area contributed by atoms with Gasteiger partial charge in [0, 0.05) is 49.7 Å². The minimum Gasteiger partial charge on any atom is -0.361 e. The molecule has 1 saturated carbocycles. The number of aliphatic imine (C=N–C) groups is 1. The standard InChI is InChI=1S/C18H24FN5O/c1-20-18(23-9-8-21-17(25)12-2-3-12)22-7-6-13-11-24-16-5-4-14(19)10-15(13)16/h4-5,10-12,24H,2-3,6-9H2,1H3,(H,21,25)(H2,20,22,23). The number of amides is 1. The third kappa shape index (κ3) is 4.71. The van der Waals surface area contributed by atoms with Crippen LogP contribution in [-0.2, 0) is 11.2 Å². The van der Waals surface area contributed by atoms with E-state index in [1.54, 1.807) is 19.2 Å². The molecule has 2 aromatic rings. The highest BCUT2D eigenvalue weighted by Gasteiger charge is 2.28. The molecule has 6 nitrogen and oxygen atoms in total. The lowest BCUT2D eigenvalue weighted by Crippen LogP contribution is -2.42. The van der Waals surface area contributed by atoms with E-state index in [0.717, 1.165) is 35.7 Å². The second-order valence-corrected chi connectivity index (χ2v) is 6.24. The van der Waals surface area contributed by atoms with Crippen molar-refractivity contribution in [1.29, 1.82) is 0 Å². The Morgan fingerprint density at radius 1 is 1.24 bits per heavy atom. The lowest BCUT2D eigenvalue weighted by Gasteiger charge is -2.12. The van der Waals surface area contributed by atoms with E-state index in [1.807, 2.05) is 6.20 Å². The summed E-state index contributed by atoms with van der Waals surface area (Å²) in [6, 6.07) is 4.75. The Bertz CT molecular complexity index is 766. The van der Waals surface area contributed by atoms with E-state index in [9.17, 15) is 9.18 Å². The van der Waals surface area contributed by atoms with Gasteiger partial charge in [-0.05, 0) is 43.0 Å². The Morgan fingerprint density at radius 2 is 2.00 bits per heavy atom. The van der Waals surface area contributed by atoms with E-state index >= 15 is 0 Å². The topological polar surface area (TPSA) is 81.3 Å². The maximum absolute atomic E-state index is 13.4. The van der Waals surface area contributed by atoms with Crippen LogP contribution in [0.2, 0.25) is 0 Å². The molecule has 3 rings (SSSR count). The number of hydrogen-bond acceptors (Lipinski definition) is 2. The summed E-state index contributed by atoms with van der Waals surface area (Å²) in [5.41, 5.74) is 2.00. The van der Waals surface area contributed by atoms with Crippen molar-refractivity contribution in [2.45, 2.75) is 19.3 Å². The Balaban J connectivity index is 1.40. The van der Waals surface area contributed by atoms with Crippen molar-refractivity contribution in [3.63, 3.8) is 0 Å². The van der Waals surface area contributed by atoms with Gasteiger partial charge >= 0.3 is 0 Å². The highest BCUT2D eigenvalue weighted by molar-refractivity contribution is 5.83. The minimum atomic E-state index is -0.230. The lowest BCUT2D eigenvalue weighted by atomic mass is 10.1. The molecule has 1 aliphatic carbocycles. The van der Waals surface area contributed by atoms with Crippen molar-refractivity contribution in [1.82, 2.24) is 20.9 Å². The number of carbonyl (C=O) groups is 1. The summed E-state index contributed by atoms with van der Waals surface area (Å²) < 4.78 is 13.4. The van der Waals surface area contributed by atoms with E-state index in [1.165, 1.54) is 6.07 Å². The zero-order valence-corrected chi connectivity index (χ0v) is 14.4. The number of nitrogens with zero attached hydrogens (tertiary/aromatic N) is 1. The van der Waals surface area contributed by atoms with Gasteiger partial charge in [-0.15, -0.1) is 0 Å². The van der Waals surface area contributed by atoms with Gasteiger partial charge in [-0.2, -0.15) is 0 Å². The average Bonchev–Trinajstić information content (AvgIpc) is 3.39. The molecule has 0 bridgehead atoms. The molecule has 1 aliphatic rings. The number of benzene rings is 1. The molecule has 1 heterocycles. The van der Waals surface area contributed by atoms with E-state index in [4.69, 9.17) is 0 Å². The van der Waals surface area contributed by atoms with Crippen LogP contribution in [0.1, 0.15) is 18.4 Å². The Hall–Kier alpha value is -2.57. The monoisotopic (exact) mass is 345 g/mol. The second kappa shape index (κ2) is 8.00. The van der Waals surface area contributed by atoms with Crippen molar-refractivity contribution < 1.29 is 9.18 Å². The summed E-state index contributed by atoms with van der Waals surface area (Å²) in [6.45, 7) is 1.88. The predicted molar refractivity (Wildman–Crippen MR) is 97.1 cm³/mol. The fraction of sp³-hybridized carbons (Fsp3) is 0.444. The number of fused-ring (bicyclic) bond motifs is 1. The average molecular weight is 345 g/mol. The molecule has 0 spiro atoms. The first-order valence-corrected chi connectivity index (χ1v) is 8.65. The third-order valence-corrected chi connectivity index (χ3v) is 4.30. The number of carbonyl (C=O) groups excluding carboxylic acids is 1. The molecule has 134 valence electrons. The molecule has 7 heteroatoms. The van der Waals surface area contributed by atoms with Gasteiger partial charge in [0.2, 0.25) is 5.91 Å². The molecule has 0 saturated heterocycles. The summed E-state index contributed by atoms with van der Waals surface area (Å²) >= 11 is 0. The van der Waals surface area contributed by atoms with Gasteiger partial charge in [0.25, 0.3) is 0 Å². The number of halogens is 1. The van der Waals surface area contributed by atoms with Gasteiger partial charge in [0.05, 0.1) is 0 Å². The maximum atomic E-state index is 13.4. The van der Waals surface area contributed by atoms with Crippen molar-refractivity contribution >= 4 is 22.8 Å². The molecule has 0 unspecified atom stereocenters. The molecular weight excluding hydrogens is 321 g/mol. The van der Waals surface area contributed by atoms with Crippen molar-refractivity contribution in [3.8, 4) is 0 Å². The smallest absolute Gasteiger partial charge is 0.223 e. The molecule has 4 N–H and O–H groups in total. The fourth-order valence-electron chi connectivity index (χ4n) is 2.75. The maximum Gasteiger partial charge on any atom is 0.223 e. The molecule has 0 radical (unpaired) electrons. The van der Waals surface area contributed by atoms with E-state index in [-0.39, 0.29) is 17.6 Å². The quantitative estimate of drug-likeness (QED) is 0.349. The first-order valence-electron chi connectivity index (χ1n) is 8.65. The number of nitrogens with one attached hydrogen (secondary N) is 4. The van der Waals surface area contributed by atoms with Crippen LogP contribution in [-0.4, -0.2) is 43.5 Å². The molecule has 0 atom stereocenters. The van der Waals surface area contributed by atoms with Crippen LogP contribution in [0.3, 0.4) is 0 Å². The normalized spacial score (nSPS) is 14.6. The lowest BCUT2D eigenvalue weighted by molar-refractivity contribution is -0.122. The summed E-state index contributed by atoms with van der Waals surface area (Å²) in [6.07, 6.45) is 4.69.